The number of benzene rings is 2. The molecule has 4 atom stereocenters. The van der Waals surface area contributed by atoms with Crippen LogP contribution in [0.25, 0.3) is 0 Å². The first-order valence-electron chi connectivity index (χ1n) is 9.43. The molecule has 0 aromatic heterocycles. The van der Waals surface area contributed by atoms with Gasteiger partial charge >= 0.3 is 0 Å². The maximum absolute atomic E-state index is 12.7. The number of halogens is 2. The number of fused-ring (bicyclic) bond motifs is 3. The van der Waals surface area contributed by atoms with Crippen molar-refractivity contribution in [2.45, 2.75) is 26.0 Å². The highest BCUT2D eigenvalue weighted by Gasteiger charge is 2.55. The van der Waals surface area contributed by atoms with Gasteiger partial charge in [-0.2, -0.15) is 0 Å². The Morgan fingerprint density at radius 2 is 1.93 bits per heavy atom. The quantitative estimate of drug-likeness (QED) is 0.281. The summed E-state index contributed by atoms with van der Waals surface area (Å²) in [6.45, 7) is 0. The van der Waals surface area contributed by atoms with Gasteiger partial charge in [-0.15, -0.1) is 11.8 Å². The first-order chi connectivity index (χ1) is 14.3. The molecule has 0 spiro atoms. The molecule has 0 radical (unpaired) electrons. The zero-order valence-corrected chi connectivity index (χ0v) is 20.1. The van der Waals surface area contributed by atoms with E-state index in [1.807, 2.05) is 43.5 Å². The summed E-state index contributed by atoms with van der Waals surface area (Å²) in [5.74, 6) is -0.261. The van der Waals surface area contributed by atoms with Crippen molar-refractivity contribution in [2.24, 2.45) is 5.92 Å². The first-order valence-corrected chi connectivity index (χ1v) is 11.8. The molecule has 5 nitrogen and oxygen atoms in total. The van der Waals surface area contributed by atoms with Crippen LogP contribution in [0.4, 0.5) is 0 Å². The van der Waals surface area contributed by atoms with Crippen molar-refractivity contribution in [1.29, 1.82) is 0 Å². The molecule has 0 aliphatic heterocycles. The summed E-state index contributed by atoms with van der Waals surface area (Å²) >= 11 is 9.97. The number of carbonyl (C=O) groups is 1. The second-order valence-electron chi connectivity index (χ2n) is 7.43. The number of rotatable bonds is 4. The summed E-state index contributed by atoms with van der Waals surface area (Å²) < 4.78 is 4.64. The average Bonchev–Trinajstić information content (AvgIpc) is 2.72. The van der Waals surface area contributed by atoms with Crippen LogP contribution in [0.2, 0.25) is 5.02 Å². The van der Waals surface area contributed by atoms with Gasteiger partial charge in [0.05, 0.1) is 15.8 Å². The lowest BCUT2D eigenvalue weighted by atomic mass is 9.67. The number of allylic oxidation sites excluding steroid dienone is 1. The summed E-state index contributed by atoms with van der Waals surface area (Å²) in [5.41, 5.74) is 1.52. The van der Waals surface area contributed by atoms with Gasteiger partial charge in [0.2, 0.25) is 0 Å². The topological polar surface area (TPSA) is 78.8 Å². The highest BCUT2D eigenvalue weighted by atomic mass is 127. The Hall–Kier alpha value is -1.42. The molecule has 0 unspecified atom stereocenters. The van der Waals surface area contributed by atoms with Crippen molar-refractivity contribution in [3.63, 3.8) is 0 Å². The van der Waals surface area contributed by atoms with Crippen LogP contribution in [-0.4, -0.2) is 36.2 Å². The van der Waals surface area contributed by atoms with E-state index in [-0.39, 0.29) is 40.9 Å². The van der Waals surface area contributed by atoms with E-state index in [2.05, 4.69) is 27.9 Å². The molecule has 4 rings (SSSR count). The number of likely N-dealkylation sites (N-methyl/N-ethyl adjacent to an activating group) is 1. The lowest BCUT2D eigenvalue weighted by molar-refractivity contribution is -0.120. The molecule has 2 aromatic rings. The monoisotopic (exact) mass is 557 g/mol. The molecular weight excluding hydrogens is 537 g/mol. The second kappa shape index (κ2) is 8.26. The smallest absolute Gasteiger partial charge is 0.198 e. The minimum atomic E-state index is -0.709. The number of phenols is 2. The number of hydrogen-bond acceptors (Lipinski definition) is 6. The van der Waals surface area contributed by atoms with E-state index in [1.165, 1.54) is 13.2 Å². The molecule has 30 heavy (non-hydrogen) atoms. The van der Waals surface area contributed by atoms with Gasteiger partial charge in [0.25, 0.3) is 0 Å². The maximum atomic E-state index is 12.7. The number of nitrogens with one attached hydrogen (secondary N) is 1. The van der Waals surface area contributed by atoms with E-state index in [1.54, 1.807) is 11.8 Å². The summed E-state index contributed by atoms with van der Waals surface area (Å²) in [7, 11) is 3.40. The molecule has 2 aromatic carbocycles. The van der Waals surface area contributed by atoms with Gasteiger partial charge in [-0.3, -0.25) is 4.79 Å². The van der Waals surface area contributed by atoms with Gasteiger partial charge in [0, 0.05) is 33.9 Å². The van der Waals surface area contributed by atoms with Crippen LogP contribution in [0.15, 0.2) is 53.1 Å². The summed E-state index contributed by atoms with van der Waals surface area (Å²) in [4.78, 5) is 13.7. The minimum Gasteiger partial charge on any atom is -0.504 e. The van der Waals surface area contributed by atoms with Gasteiger partial charge in [0.15, 0.2) is 23.0 Å². The normalized spacial score (nSPS) is 27.8. The predicted molar refractivity (Wildman–Crippen MR) is 127 cm³/mol. The number of ether oxygens (including phenoxy) is 1. The van der Waals surface area contributed by atoms with Gasteiger partial charge in [0.1, 0.15) is 0 Å². The zero-order valence-electron chi connectivity index (χ0n) is 16.4. The van der Waals surface area contributed by atoms with E-state index >= 15 is 0 Å². The fraction of sp³-hybridized carbons (Fsp3) is 0.318. The molecule has 0 saturated heterocycles. The summed E-state index contributed by atoms with van der Waals surface area (Å²) in [5, 5.41) is 25.2. The number of Topliss-reactive ketones (excluding diaryl/α,β-unsaturated/α-hetero) is 1. The summed E-state index contributed by atoms with van der Waals surface area (Å²) in [6.07, 6.45) is 2.04. The molecule has 2 aliphatic rings. The van der Waals surface area contributed by atoms with E-state index < -0.39 is 3.42 Å². The molecule has 0 heterocycles. The Labute approximate surface area is 198 Å². The van der Waals surface area contributed by atoms with Crippen molar-refractivity contribution in [1.82, 2.24) is 5.32 Å². The SMILES string of the molecule is CN[C@H]1[C@H](Sc2ccc(Cl)cc2)c2ccc(O)c(O)c2[C@]2(I)CC(=O)C(OC)=C[C@H]12. The molecule has 0 amide bonds. The van der Waals surface area contributed by atoms with Gasteiger partial charge < -0.3 is 20.3 Å². The van der Waals surface area contributed by atoms with Crippen LogP contribution in [0.1, 0.15) is 22.8 Å². The van der Waals surface area contributed by atoms with Gasteiger partial charge in [-0.1, -0.05) is 40.3 Å². The third-order valence-electron chi connectivity index (χ3n) is 5.81. The van der Waals surface area contributed by atoms with Crippen molar-refractivity contribution in [3.05, 3.63) is 64.4 Å². The van der Waals surface area contributed by atoms with E-state index in [9.17, 15) is 15.0 Å². The molecule has 158 valence electrons. The van der Waals surface area contributed by atoms with Crippen molar-refractivity contribution >= 4 is 51.7 Å². The number of thioether (sulfide) groups is 1. The molecule has 8 heteroatoms. The highest BCUT2D eigenvalue weighted by Crippen LogP contribution is 2.62. The van der Waals surface area contributed by atoms with Crippen LogP contribution >= 0.6 is 46.0 Å². The van der Waals surface area contributed by atoms with Crippen LogP contribution in [0, 0.1) is 5.92 Å². The summed E-state index contributed by atoms with van der Waals surface area (Å²) in [6, 6.07) is 10.9. The van der Waals surface area contributed by atoms with Crippen LogP contribution in [0.5, 0.6) is 11.5 Å². The molecular formula is C22H21ClINO4S. The van der Waals surface area contributed by atoms with E-state index in [0.29, 0.717) is 16.3 Å². The van der Waals surface area contributed by atoms with Crippen LogP contribution < -0.4 is 5.32 Å². The Bertz CT molecular complexity index is 1030. The fourth-order valence-electron chi connectivity index (χ4n) is 4.43. The standard InChI is InChI=1S/C22H21ClINO4S/c1-25-19-14-9-17(29-2)16(27)10-22(14,24)18-13(7-8-15(26)20(18)28)21(19)30-12-5-3-11(23)4-6-12/h3-9,14,19,21,25-26,28H,10H2,1-2H3/t14-,19-,21-,22+/m1/s1. The third kappa shape index (κ3) is 3.49. The highest BCUT2D eigenvalue weighted by molar-refractivity contribution is 14.1. The number of methoxy groups -OCH3 is 1. The molecule has 2 aliphatic carbocycles. The molecule has 0 fully saturated rings. The number of carbonyl (C=O) groups excluding carboxylic acids is 1. The largest absolute Gasteiger partial charge is 0.504 e. The molecule has 0 saturated carbocycles. The van der Waals surface area contributed by atoms with Crippen LogP contribution in [0.3, 0.4) is 0 Å². The fourth-order valence-corrected chi connectivity index (χ4v) is 7.40. The first kappa shape index (κ1) is 21.8. The van der Waals surface area contributed by atoms with E-state index in [4.69, 9.17) is 16.3 Å². The maximum Gasteiger partial charge on any atom is 0.198 e. The number of ketones is 1. The predicted octanol–water partition coefficient (Wildman–Crippen LogP) is 4.94. The number of alkyl halides is 1. The zero-order chi connectivity index (χ0) is 21.6. The Balaban J connectivity index is 1.92. The van der Waals surface area contributed by atoms with Crippen molar-refractivity contribution < 1.29 is 19.7 Å². The minimum absolute atomic E-state index is 0.0442. The Morgan fingerprint density at radius 3 is 2.57 bits per heavy atom. The number of phenolic OH excluding ortho intramolecular Hbond substituents is 2. The Kier molecular flexibility index (Phi) is 6.00. The number of hydrogen-bond donors (Lipinski definition) is 3. The molecule has 0 bridgehead atoms. The second-order valence-corrected chi connectivity index (χ2v) is 11.0. The number of aromatic hydroxyl groups is 2. The Morgan fingerprint density at radius 1 is 1.23 bits per heavy atom. The van der Waals surface area contributed by atoms with E-state index in [0.717, 1.165) is 10.5 Å². The van der Waals surface area contributed by atoms with Gasteiger partial charge in [-0.05, 0) is 49.0 Å². The third-order valence-corrected chi connectivity index (χ3v) is 9.04. The lowest BCUT2D eigenvalue weighted by Crippen LogP contribution is -2.52. The lowest BCUT2D eigenvalue weighted by Gasteiger charge is -2.49. The van der Waals surface area contributed by atoms with Crippen molar-refractivity contribution in [3.8, 4) is 11.5 Å². The van der Waals surface area contributed by atoms with Gasteiger partial charge in [-0.25, -0.2) is 0 Å². The van der Waals surface area contributed by atoms with Crippen LogP contribution in [-0.2, 0) is 13.0 Å². The molecule has 3 N–H and O–H groups in total. The average molecular weight is 558 g/mol. The van der Waals surface area contributed by atoms with Crippen molar-refractivity contribution in [2.75, 3.05) is 14.2 Å².